The fraction of sp³-hybridized carbons (Fsp3) is 0.667. The van der Waals surface area contributed by atoms with Gasteiger partial charge in [0.15, 0.2) is 11.6 Å². The van der Waals surface area contributed by atoms with Gasteiger partial charge >= 0.3 is 11.9 Å². The zero-order valence-corrected chi connectivity index (χ0v) is 18.7. The van der Waals surface area contributed by atoms with Crippen molar-refractivity contribution in [2.24, 2.45) is 28.6 Å². The molecule has 6 aliphatic rings. The van der Waals surface area contributed by atoms with Crippen LogP contribution in [-0.4, -0.2) is 53.7 Å². The second kappa shape index (κ2) is 5.59. The Kier molecular flexibility index (Phi) is 3.55. The summed E-state index contributed by atoms with van der Waals surface area (Å²) in [4.78, 5) is 53.1. The fourth-order valence-corrected chi connectivity index (χ4v) is 7.17. The highest BCUT2D eigenvalue weighted by molar-refractivity contribution is 6.04. The van der Waals surface area contributed by atoms with Crippen molar-refractivity contribution in [1.82, 2.24) is 0 Å². The minimum absolute atomic E-state index is 0.198. The minimum Gasteiger partial charge on any atom is -0.452 e. The summed E-state index contributed by atoms with van der Waals surface area (Å²) in [6.07, 6.45) is 1.58. The van der Waals surface area contributed by atoms with Gasteiger partial charge in [-0.2, -0.15) is 0 Å². The van der Waals surface area contributed by atoms with Gasteiger partial charge in [-0.25, -0.2) is 4.79 Å². The second-order valence-electron chi connectivity index (χ2n) is 11.0. The highest BCUT2D eigenvalue weighted by Crippen LogP contribution is 2.69. The zero-order valence-electron chi connectivity index (χ0n) is 18.7. The van der Waals surface area contributed by atoms with E-state index < -0.39 is 64.1 Å². The summed E-state index contributed by atoms with van der Waals surface area (Å²) in [6.45, 7) is 9.04. The summed E-state index contributed by atoms with van der Waals surface area (Å²) < 4.78 is 23.0. The van der Waals surface area contributed by atoms with E-state index in [9.17, 15) is 19.2 Å². The molecule has 0 aromatic rings. The maximum atomic E-state index is 14.0. The normalized spacial score (nSPS) is 50.3. The summed E-state index contributed by atoms with van der Waals surface area (Å²) in [5.74, 6) is -3.14. The lowest BCUT2D eigenvalue weighted by molar-refractivity contribution is -0.221. The third kappa shape index (κ3) is 2.11. The fourth-order valence-electron chi connectivity index (χ4n) is 7.17. The van der Waals surface area contributed by atoms with Gasteiger partial charge in [0.05, 0.1) is 12.0 Å². The summed E-state index contributed by atoms with van der Waals surface area (Å²) in [5.41, 5.74) is -2.88. The molecular weight excluding hydrogens is 416 g/mol. The molecular formula is C24H26O8. The van der Waals surface area contributed by atoms with Crippen molar-refractivity contribution < 1.29 is 38.1 Å². The Morgan fingerprint density at radius 3 is 2.34 bits per heavy atom. The number of esters is 2. The number of carbonyl (C=O) groups is 4. The van der Waals surface area contributed by atoms with Crippen molar-refractivity contribution in [2.75, 3.05) is 6.61 Å². The van der Waals surface area contributed by atoms with E-state index in [2.05, 4.69) is 0 Å². The predicted molar refractivity (Wildman–Crippen MR) is 107 cm³/mol. The molecule has 3 saturated heterocycles. The number of hydrogen-bond acceptors (Lipinski definition) is 8. The predicted octanol–water partition coefficient (Wildman–Crippen LogP) is 1.66. The molecule has 0 radical (unpaired) electrons. The van der Waals surface area contributed by atoms with E-state index in [0.29, 0.717) is 24.2 Å². The number of ketones is 2. The highest BCUT2D eigenvalue weighted by Gasteiger charge is 2.77. The third-order valence-corrected chi connectivity index (χ3v) is 8.96. The average molecular weight is 442 g/mol. The molecule has 4 aliphatic heterocycles. The molecule has 0 aromatic carbocycles. The highest BCUT2D eigenvalue weighted by atomic mass is 16.7. The van der Waals surface area contributed by atoms with Crippen molar-refractivity contribution in [3.05, 3.63) is 23.3 Å². The number of hydrogen-bond donors (Lipinski definition) is 0. The maximum absolute atomic E-state index is 14.0. The van der Waals surface area contributed by atoms with Crippen LogP contribution in [0, 0.1) is 28.6 Å². The molecule has 8 atom stereocenters. The van der Waals surface area contributed by atoms with E-state index >= 15 is 0 Å². The molecule has 0 amide bonds. The van der Waals surface area contributed by atoms with E-state index in [0.717, 1.165) is 0 Å². The average Bonchev–Trinajstić information content (AvgIpc) is 3.45. The largest absolute Gasteiger partial charge is 0.452 e. The molecule has 0 bridgehead atoms. The van der Waals surface area contributed by atoms with Crippen LogP contribution in [0.15, 0.2) is 23.3 Å². The molecule has 0 N–H and O–H groups in total. The Morgan fingerprint density at radius 2 is 1.69 bits per heavy atom. The third-order valence-electron chi connectivity index (χ3n) is 8.96. The van der Waals surface area contributed by atoms with E-state index in [4.69, 9.17) is 18.9 Å². The second-order valence-corrected chi connectivity index (χ2v) is 11.0. The molecule has 4 heterocycles. The van der Waals surface area contributed by atoms with Crippen LogP contribution in [0.3, 0.4) is 0 Å². The number of Topliss-reactive ketones (excluding diaryl/α,β-unsaturated/α-hetero) is 1. The topological polar surface area (TPSA) is 108 Å². The van der Waals surface area contributed by atoms with Crippen LogP contribution in [0.5, 0.6) is 0 Å². The van der Waals surface area contributed by atoms with Gasteiger partial charge in [-0.15, -0.1) is 0 Å². The van der Waals surface area contributed by atoms with Gasteiger partial charge in [-0.05, 0) is 40.2 Å². The van der Waals surface area contributed by atoms with Crippen molar-refractivity contribution in [3.8, 4) is 0 Å². The van der Waals surface area contributed by atoms with E-state index in [1.54, 1.807) is 27.7 Å². The van der Waals surface area contributed by atoms with Crippen molar-refractivity contribution in [3.63, 3.8) is 0 Å². The number of fused-ring (bicyclic) bond motifs is 5. The SMILES string of the molecule is C[C@H]1O[C@H]2OC(=O)[C@]3(C)C[C@@H]4[C@](C)(C(=O)C=C5C(=CC(=O)OC5(C)C)[C@@]45CO5)[C@H](C1=O)[C@H]23. The first-order chi connectivity index (χ1) is 14.9. The molecule has 1 saturated carbocycles. The van der Waals surface area contributed by atoms with Gasteiger partial charge < -0.3 is 18.9 Å². The maximum Gasteiger partial charge on any atom is 0.332 e. The number of rotatable bonds is 0. The summed E-state index contributed by atoms with van der Waals surface area (Å²) in [7, 11) is 0. The van der Waals surface area contributed by atoms with Crippen molar-refractivity contribution >= 4 is 23.5 Å². The first-order valence-electron chi connectivity index (χ1n) is 11.1. The lowest BCUT2D eigenvalue weighted by Gasteiger charge is -2.56. The van der Waals surface area contributed by atoms with E-state index in [-0.39, 0.29) is 11.6 Å². The molecule has 8 nitrogen and oxygen atoms in total. The van der Waals surface area contributed by atoms with Gasteiger partial charge in [-0.1, -0.05) is 6.92 Å². The number of ether oxygens (including phenoxy) is 4. The Morgan fingerprint density at radius 1 is 1.00 bits per heavy atom. The van der Waals surface area contributed by atoms with E-state index in [1.807, 2.05) is 6.92 Å². The van der Waals surface area contributed by atoms with Gasteiger partial charge in [0.1, 0.15) is 17.3 Å². The van der Waals surface area contributed by atoms with Crippen LogP contribution in [0.1, 0.15) is 41.0 Å². The molecule has 0 unspecified atom stereocenters. The van der Waals surface area contributed by atoms with Crippen LogP contribution >= 0.6 is 0 Å². The molecule has 32 heavy (non-hydrogen) atoms. The van der Waals surface area contributed by atoms with Gasteiger partial charge in [-0.3, -0.25) is 14.4 Å². The van der Waals surface area contributed by atoms with Crippen LogP contribution in [0.25, 0.3) is 0 Å². The van der Waals surface area contributed by atoms with Gasteiger partial charge in [0.25, 0.3) is 0 Å². The summed E-state index contributed by atoms with van der Waals surface area (Å²) >= 11 is 0. The molecule has 1 spiro atoms. The number of allylic oxidation sites excluding steroid dienone is 1. The molecule has 2 aliphatic carbocycles. The van der Waals surface area contributed by atoms with Crippen molar-refractivity contribution in [1.29, 1.82) is 0 Å². The summed E-state index contributed by atoms with van der Waals surface area (Å²) in [5, 5.41) is 0. The molecule has 0 aromatic heterocycles. The lowest BCUT2D eigenvalue weighted by Crippen LogP contribution is -2.65. The smallest absolute Gasteiger partial charge is 0.332 e. The van der Waals surface area contributed by atoms with Crippen molar-refractivity contribution in [2.45, 2.75) is 64.6 Å². The quantitative estimate of drug-likeness (QED) is 0.412. The number of epoxide rings is 1. The Bertz CT molecular complexity index is 1080. The molecule has 8 heteroatoms. The molecule has 4 fully saturated rings. The zero-order chi connectivity index (χ0) is 23.0. The van der Waals surface area contributed by atoms with Crippen LogP contribution in [0.4, 0.5) is 0 Å². The Balaban J connectivity index is 1.62. The Hall–Kier alpha value is -2.32. The Labute approximate surface area is 185 Å². The first-order valence-corrected chi connectivity index (χ1v) is 11.1. The molecule has 170 valence electrons. The van der Waals surface area contributed by atoms with E-state index in [1.165, 1.54) is 12.2 Å². The molecule has 6 rings (SSSR count). The van der Waals surface area contributed by atoms with Crippen LogP contribution in [0.2, 0.25) is 0 Å². The van der Waals surface area contributed by atoms with Crippen LogP contribution < -0.4 is 0 Å². The number of cyclic esters (lactones) is 1. The van der Waals surface area contributed by atoms with Crippen LogP contribution in [-0.2, 0) is 38.1 Å². The van der Waals surface area contributed by atoms with Gasteiger partial charge in [0.2, 0.25) is 6.29 Å². The monoisotopic (exact) mass is 442 g/mol. The first kappa shape index (κ1) is 20.3. The lowest BCUT2D eigenvalue weighted by atomic mass is 9.45. The number of carbonyl (C=O) groups excluding carboxylic acids is 4. The summed E-state index contributed by atoms with van der Waals surface area (Å²) in [6, 6.07) is 0. The minimum atomic E-state index is -1.15. The van der Waals surface area contributed by atoms with Gasteiger partial charge in [0, 0.05) is 40.4 Å². The standard InChI is InChI=1S/C24H26O8/c1-10-18(27)16-17-19(30-10)31-20(28)22(17,4)8-13-23(16,5)14(25)6-11-12(24(13)9-29-24)7-15(26)32-21(11,2)3/h6-7,10,13,16-17,19H,8-9H2,1-5H3/t10-,13-,16+,17-,19+,22-,23-,24+/m1/s1.